The fourth-order valence-electron chi connectivity index (χ4n) is 1.38. The van der Waals surface area contributed by atoms with Gasteiger partial charge in [0, 0.05) is 5.70 Å². The van der Waals surface area contributed by atoms with Crippen LogP contribution in [0.1, 0.15) is 26.7 Å². The second-order valence-corrected chi connectivity index (χ2v) is 3.62. The topological polar surface area (TPSA) is 12.4 Å². The smallest absolute Gasteiger partial charge is 0.241 e. The summed E-state index contributed by atoms with van der Waals surface area (Å²) in [5, 5.41) is -0.469. The van der Waals surface area contributed by atoms with Gasteiger partial charge in [0.15, 0.2) is 0 Å². The van der Waals surface area contributed by atoms with Crippen LogP contribution >= 0.6 is 11.6 Å². The van der Waals surface area contributed by atoms with E-state index in [2.05, 4.69) is 4.99 Å². The van der Waals surface area contributed by atoms with Gasteiger partial charge in [-0.1, -0.05) is 24.6 Å². The zero-order chi connectivity index (χ0) is 11.6. The molecule has 0 aliphatic carbocycles. The molecule has 0 fully saturated rings. The van der Waals surface area contributed by atoms with Crippen LogP contribution in [0.2, 0.25) is 0 Å². The molecule has 0 bridgehead atoms. The summed E-state index contributed by atoms with van der Waals surface area (Å²) in [6.07, 6.45) is -2.39. The molecule has 1 heterocycles. The number of hydrogen-bond donors (Lipinski definition) is 0. The normalized spacial score (nSPS) is 18.5. The molecule has 1 aliphatic rings. The molecule has 0 saturated carbocycles. The van der Waals surface area contributed by atoms with Crippen molar-refractivity contribution in [1.29, 1.82) is 0 Å². The van der Waals surface area contributed by atoms with Gasteiger partial charge in [0.2, 0.25) is 0 Å². The summed E-state index contributed by atoms with van der Waals surface area (Å²) in [7, 11) is 0. The summed E-state index contributed by atoms with van der Waals surface area (Å²) >= 11 is 5.52. The van der Waals surface area contributed by atoms with E-state index in [-0.39, 0.29) is 6.42 Å². The van der Waals surface area contributed by atoms with Gasteiger partial charge in [-0.05, 0) is 25.3 Å². The van der Waals surface area contributed by atoms with Gasteiger partial charge in [0.1, 0.15) is 5.17 Å². The third kappa shape index (κ3) is 2.84. The summed E-state index contributed by atoms with van der Waals surface area (Å²) in [4.78, 5) is 3.75. The van der Waals surface area contributed by atoms with E-state index in [0.29, 0.717) is 12.1 Å². The molecule has 1 aliphatic heterocycles. The Hall–Kier alpha value is -0.770. The van der Waals surface area contributed by atoms with E-state index >= 15 is 0 Å². The molecule has 0 aromatic rings. The second-order valence-electron chi connectivity index (χ2n) is 3.26. The Balaban J connectivity index is 3.11. The molecule has 0 saturated heterocycles. The molecule has 0 spiro atoms. The third-order valence-corrected chi connectivity index (χ3v) is 2.57. The number of hydrogen-bond acceptors (Lipinski definition) is 1. The van der Waals surface area contributed by atoms with Crippen LogP contribution in [0.15, 0.2) is 27.9 Å². The molecule has 5 heteroatoms. The Morgan fingerprint density at radius 2 is 2.07 bits per heavy atom. The largest absolute Gasteiger partial charge is 0.419 e. The highest BCUT2D eigenvalue weighted by atomic mass is 35.5. The van der Waals surface area contributed by atoms with E-state index in [9.17, 15) is 13.2 Å². The molecule has 15 heavy (non-hydrogen) atoms. The Bertz CT molecular complexity index is 350. The minimum atomic E-state index is -4.43. The van der Waals surface area contributed by atoms with Crippen molar-refractivity contribution >= 4 is 16.8 Å². The van der Waals surface area contributed by atoms with Crippen molar-refractivity contribution in [3.8, 4) is 0 Å². The first kappa shape index (κ1) is 12.3. The fraction of sp³-hybridized carbons (Fsp3) is 0.500. The first-order valence-corrected chi connectivity index (χ1v) is 4.94. The minimum absolute atomic E-state index is 0.261. The first-order valence-electron chi connectivity index (χ1n) is 4.56. The number of rotatable bonds is 1. The maximum Gasteiger partial charge on any atom is 0.419 e. The Morgan fingerprint density at radius 3 is 2.53 bits per heavy atom. The first-order chi connectivity index (χ1) is 6.86. The van der Waals surface area contributed by atoms with Crippen molar-refractivity contribution in [3.63, 3.8) is 0 Å². The van der Waals surface area contributed by atoms with Crippen LogP contribution in [0, 0.1) is 0 Å². The van der Waals surface area contributed by atoms with Crippen LogP contribution in [0.3, 0.4) is 0 Å². The molecule has 0 amide bonds. The quantitative estimate of drug-likeness (QED) is 0.648. The average molecular weight is 238 g/mol. The van der Waals surface area contributed by atoms with Crippen LogP contribution in [0.5, 0.6) is 0 Å². The molecule has 1 rings (SSSR count). The van der Waals surface area contributed by atoms with Gasteiger partial charge in [-0.3, -0.25) is 0 Å². The number of alkyl halides is 3. The van der Waals surface area contributed by atoms with Crippen LogP contribution < -0.4 is 0 Å². The van der Waals surface area contributed by atoms with Crippen molar-refractivity contribution in [2.75, 3.05) is 0 Å². The predicted octanol–water partition coefficient (Wildman–Crippen LogP) is 4.20. The molecule has 1 nitrogen and oxygen atoms in total. The van der Waals surface area contributed by atoms with Gasteiger partial charge in [-0.25, -0.2) is 4.99 Å². The lowest BCUT2D eigenvalue weighted by molar-refractivity contribution is -0.0859. The predicted molar refractivity (Wildman–Crippen MR) is 55.0 cm³/mol. The summed E-state index contributed by atoms with van der Waals surface area (Å²) in [6.45, 7) is 3.56. The molecule has 0 aromatic heterocycles. The van der Waals surface area contributed by atoms with E-state index < -0.39 is 16.9 Å². The lowest BCUT2D eigenvalue weighted by Gasteiger charge is -2.08. The zero-order valence-corrected chi connectivity index (χ0v) is 9.21. The molecule has 0 unspecified atom stereocenters. The third-order valence-electron chi connectivity index (χ3n) is 2.28. The lowest BCUT2D eigenvalue weighted by Crippen LogP contribution is -2.16. The second kappa shape index (κ2) is 4.39. The van der Waals surface area contributed by atoms with E-state index in [4.69, 9.17) is 11.6 Å². The summed E-state index contributed by atoms with van der Waals surface area (Å²) in [5.41, 5.74) is 0.623. The number of nitrogens with zero attached hydrogens (tertiary/aromatic N) is 1. The van der Waals surface area contributed by atoms with Crippen LogP contribution in [0.4, 0.5) is 13.2 Å². The van der Waals surface area contributed by atoms with Crippen molar-refractivity contribution in [1.82, 2.24) is 0 Å². The Labute approximate surface area is 91.3 Å². The summed E-state index contributed by atoms with van der Waals surface area (Å²) in [6, 6.07) is 0. The fourth-order valence-corrected chi connectivity index (χ4v) is 1.69. The highest BCUT2D eigenvalue weighted by molar-refractivity contribution is 6.69. The van der Waals surface area contributed by atoms with Crippen molar-refractivity contribution in [3.05, 3.63) is 22.9 Å². The van der Waals surface area contributed by atoms with Crippen LogP contribution in [-0.4, -0.2) is 11.3 Å². The van der Waals surface area contributed by atoms with E-state index in [1.165, 1.54) is 0 Å². The van der Waals surface area contributed by atoms with Crippen molar-refractivity contribution in [2.24, 2.45) is 4.99 Å². The maximum atomic E-state index is 12.5. The van der Waals surface area contributed by atoms with Gasteiger partial charge >= 0.3 is 6.18 Å². The molecule has 84 valence electrons. The van der Waals surface area contributed by atoms with E-state index in [0.717, 1.165) is 11.6 Å². The SMILES string of the molecule is CCC1=C(C)N=C(Cl)C(C(F)(F)F)=CC1. The monoisotopic (exact) mass is 237 g/mol. The molecule has 0 radical (unpaired) electrons. The lowest BCUT2D eigenvalue weighted by atomic mass is 10.1. The van der Waals surface area contributed by atoms with Crippen molar-refractivity contribution in [2.45, 2.75) is 32.9 Å². The molecular formula is C10H11ClF3N. The molecule has 0 aromatic carbocycles. The molecular weight excluding hydrogens is 227 g/mol. The van der Waals surface area contributed by atoms with E-state index in [1.54, 1.807) is 6.92 Å². The number of aliphatic imine (C=N–C) groups is 1. The Morgan fingerprint density at radius 1 is 1.47 bits per heavy atom. The van der Waals surface area contributed by atoms with Gasteiger partial charge in [-0.15, -0.1) is 0 Å². The molecule has 0 atom stereocenters. The highest BCUT2D eigenvalue weighted by Gasteiger charge is 2.36. The number of halogens is 4. The van der Waals surface area contributed by atoms with Gasteiger partial charge in [0.25, 0.3) is 0 Å². The highest BCUT2D eigenvalue weighted by Crippen LogP contribution is 2.32. The average Bonchev–Trinajstić information content (AvgIpc) is 2.22. The zero-order valence-electron chi connectivity index (χ0n) is 8.45. The summed E-state index contributed by atoms with van der Waals surface area (Å²) in [5.74, 6) is 0. The standard InChI is InChI=1S/C10H11ClF3N/c1-3-7-4-5-8(10(12,13)14)9(11)15-6(7)2/h5H,3-4H2,1-2H3. The summed E-state index contributed by atoms with van der Waals surface area (Å²) < 4.78 is 37.4. The Kier molecular flexibility index (Phi) is 3.60. The van der Waals surface area contributed by atoms with Gasteiger partial charge < -0.3 is 0 Å². The maximum absolute atomic E-state index is 12.5. The van der Waals surface area contributed by atoms with Crippen LogP contribution in [-0.2, 0) is 0 Å². The van der Waals surface area contributed by atoms with Crippen LogP contribution in [0.25, 0.3) is 0 Å². The number of allylic oxidation sites excluding steroid dienone is 4. The molecule has 0 N–H and O–H groups in total. The van der Waals surface area contributed by atoms with Gasteiger partial charge in [0.05, 0.1) is 5.57 Å². The van der Waals surface area contributed by atoms with Crippen molar-refractivity contribution < 1.29 is 13.2 Å². The minimum Gasteiger partial charge on any atom is -0.241 e. The van der Waals surface area contributed by atoms with Gasteiger partial charge in [-0.2, -0.15) is 13.2 Å². The van der Waals surface area contributed by atoms with E-state index in [1.807, 2.05) is 6.92 Å².